The van der Waals surface area contributed by atoms with Crippen molar-refractivity contribution in [3.63, 3.8) is 0 Å². The molecule has 1 spiro atoms. The molecule has 0 aromatic carbocycles. The molecule has 7 rings (SSSR count). The zero-order valence-corrected chi connectivity index (χ0v) is 12.0. The highest BCUT2D eigenvalue weighted by Gasteiger charge is 3.04. The summed E-state index contributed by atoms with van der Waals surface area (Å²) in [6, 6.07) is 0. The average molecular weight is 362 g/mol. The second-order valence-electron chi connectivity index (χ2n) is 6.42. The van der Waals surface area contributed by atoms with E-state index in [1.54, 1.807) is 0 Å². The zero-order chi connectivity index (χ0) is 11.4. The number of alkyl halides is 2. The standard InChI is InChI=1S/C12H10Br2O3/c13-10-6-4-3(9(10)15)5-7(10)8(6)11(4,14)12(5)16-1-2-17-12/h3-8H,1-2H2/t3-,4+,5+,6-,7+,8-,10-,11+/m1/s1. The van der Waals surface area contributed by atoms with E-state index in [-0.39, 0.29) is 14.6 Å². The molecular formula is C12H10Br2O3. The summed E-state index contributed by atoms with van der Waals surface area (Å²) in [5, 5.41) is 0. The van der Waals surface area contributed by atoms with Gasteiger partial charge in [-0.15, -0.1) is 0 Å². The Morgan fingerprint density at radius 3 is 2.24 bits per heavy atom. The number of ether oxygens (including phenoxy) is 2. The third-order valence-corrected chi connectivity index (χ3v) is 9.69. The van der Waals surface area contributed by atoms with Crippen molar-refractivity contribution >= 4 is 37.6 Å². The van der Waals surface area contributed by atoms with E-state index in [1.165, 1.54) is 0 Å². The lowest BCUT2D eigenvalue weighted by atomic mass is 9.40. The second-order valence-corrected chi connectivity index (χ2v) is 9.04. The first kappa shape index (κ1) is 9.45. The van der Waals surface area contributed by atoms with Crippen LogP contribution in [-0.4, -0.2) is 33.4 Å². The molecule has 5 heteroatoms. The summed E-state index contributed by atoms with van der Waals surface area (Å²) in [4.78, 5) is 12.5. The molecular weight excluding hydrogens is 352 g/mol. The summed E-state index contributed by atoms with van der Waals surface area (Å²) in [6.07, 6.45) is 0. The van der Waals surface area contributed by atoms with Gasteiger partial charge in [0.1, 0.15) is 0 Å². The van der Waals surface area contributed by atoms with E-state index in [9.17, 15) is 4.79 Å². The Kier molecular flexibility index (Phi) is 1.17. The molecule has 90 valence electrons. The first-order valence-corrected chi connectivity index (χ1v) is 7.89. The number of carbonyl (C=O) groups excluding carboxylic acids is 1. The van der Waals surface area contributed by atoms with Crippen LogP contribution in [0.1, 0.15) is 0 Å². The van der Waals surface area contributed by atoms with E-state index in [1.807, 2.05) is 0 Å². The molecule has 0 aromatic heterocycles. The summed E-state index contributed by atoms with van der Waals surface area (Å²) in [6.45, 7) is 1.35. The fourth-order valence-electron chi connectivity index (χ4n) is 6.58. The molecule has 0 N–H and O–H groups in total. The van der Waals surface area contributed by atoms with Crippen LogP contribution in [-0.2, 0) is 14.3 Å². The Hall–Kier alpha value is 0.550. The van der Waals surface area contributed by atoms with Gasteiger partial charge in [-0.25, -0.2) is 0 Å². The van der Waals surface area contributed by atoms with E-state index in [0.717, 1.165) is 0 Å². The SMILES string of the molecule is O=C1[C@H]2[C@H]3[C@H]4[C@H]5[C@@H]([C@H]2[C@@]5(Br)C32OCCO2)[C@]14Br. The first-order chi connectivity index (χ1) is 8.10. The minimum absolute atomic E-state index is 0.0510. The number of carbonyl (C=O) groups is 1. The Labute approximate surface area is 115 Å². The van der Waals surface area contributed by atoms with Crippen molar-refractivity contribution in [1.82, 2.24) is 0 Å². The molecule has 4 bridgehead atoms. The molecule has 0 aromatic rings. The van der Waals surface area contributed by atoms with Gasteiger partial charge in [-0.3, -0.25) is 4.79 Å². The van der Waals surface area contributed by atoms with Gasteiger partial charge in [0.2, 0.25) is 0 Å². The van der Waals surface area contributed by atoms with Crippen molar-refractivity contribution in [3.8, 4) is 0 Å². The monoisotopic (exact) mass is 360 g/mol. The van der Waals surface area contributed by atoms with Crippen LogP contribution in [0.3, 0.4) is 0 Å². The van der Waals surface area contributed by atoms with Gasteiger partial charge in [-0.05, 0) is 23.7 Å². The quantitative estimate of drug-likeness (QED) is 0.611. The van der Waals surface area contributed by atoms with Crippen molar-refractivity contribution in [2.24, 2.45) is 35.5 Å². The molecule has 3 nitrogen and oxygen atoms in total. The van der Waals surface area contributed by atoms with E-state index < -0.39 is 5.79 Å². The van der Waals surface area contributed by atoms with Crippen molar-refractivity contribution in [3.05, 3.63) is 0 Å². The predicted octanol–water partition coefficient (Wildman–Crippen LogP) is 1.33. The van der Waals surface area contributed by atoms with Gasteiger partial charge >= 0.3 is 0 Å². The van der Waals surface area contributed by atoms with Crippen LogP contribution in [0, 0.1) is 35.5 Å². The van der Waals surface area contributed by atoms with Gasteiger partial charge in [0.05, 0.1) is 21.9 Å². The number of Topliss-reactive ketones (excluding diaryl/α,β-unsaturated/α-hetero) is 1. The van der Waals surface area contributed by atoms with Gasteiger partial charge in [0.25, 0.3) is 0 Å². The predicted molar refractivity (Wildman–Crippen MR) is 63.9 cm³/mol. The summed E-state index contributed by atoms with van der Waals surface area (Å²) in [5.41, 5.74) is 0. The lowest BCUT2D eigenvalue weighted by molar-refractivity contribution is -0.199. The van der Waals surface area contributed by atoms with Crippen molar-refractivity contribution < 1.29 is 14.3 Å². The van der Waals surface area contributed by atoms with Crippen LogP contribution >= 0.6 is 31.9 Å². The normalized spacial score (nSPS) is 74.6. The fourth-order valence-corrected chi connectivity index (χ4v) is 9.62. The summed E-state index contributed by atoms with van der Waals surface area (Å²) in [5.74, 6) is 2.50. The van der Waals surface area contributed by atoms with Crippen LogP contribution < -0.4 is 0 Å². The highest BCUT2D eigenvalue weighted by molar-refractivity contribution is 9.10. The third-order valence-electron chi connectivity index (χ3n) is 6.63. The molecule has 8 atom stereocenters. The van der Waals surface area contributed by atoms with Crippen LogP contribution in [0.15, 0.2) is 0 Å². The Morgan fingerprint density at radius 1 is 1.00 bits per heavy atom. The fraction of sp³-hybridized carbons (Fsp3) is 0.917. The highest BCUT2D eigenvalue weighted by atomic mass is 79.9. The number of ketones is 1. The number of rotatable bonds is 0. The topological polar surface area (TPSA) is 35.5 Å². The Bertz CT molecular complexity index is 516. The smallest absolute Gasteiger partial charge is 0.188 e. The van der Waals surface area contributed by atoms with E-state index in [4.69, 9.17) is 9.47 Å². The first-order valence-electron chi connectivity index (χ1n) is 6.30. The molecule has 1 aliphatic heterocycles. The maximum atomic E-state index is 12.5. The minimum atomic E-state index is -0.476. The van der Waals surface area contributed by atoms with E-state index in [2.05, 4.69) is 31.9 Å². The van der Waals surface area contributed by atoms with Crippen LogP contribution in [0.4, 0.5) is 0 Å². The molecule has 17 heavy (non-hydrogen) atoms. The van der Waals surface area contributed by atoms with Crippen LogP contribution in [0.5, 0.6) is 0 Å². The van der Waals surface area contributed by atoms with Gasteiger partial charge in [0.15, 0.2) is 11.6 Å². The van der Waals surface area contributed by atoms with Crippen LogP contribution in [0.25, 0.3) is 0 Å². The molecule has 1 saturated heterocycles. The average Bonchev–Trinajstić information content (AvgIpc) is 2.96. The minimum Gasteiger partial charge on any atom is -0.346 e. The molecule has 6 aliphatic carbocycles. The molecule has 0 unspecified atom stereocenters. The Morgan fingerprint density at radius 2 is 1.65 bits per heavy atom. The molecule has 1 heterocycles. The van der Waals surface area contributed by atoms with E-state index in [0.29, 0.717) is 48.6 Å². The summed E-state index contributed by atoms with van der Waals surface area (Å²) in [7, 11) is 0. The number of hydrogen-bond donors (Lipinski definition) is 0. The summed E-state index contributed by atoms with van der Waals surface area (Å²) >= 11 is 7.73. The molecule has 0 amide bonds. The van der Waals surface area contributed by atoms with Crippen LogP contribution in [0.2, 0.25) is 0 Å². The second kappa shape index (κ2) is 2.11. The lowest BCUT2D eigenvalue weighted by Gasteiger charge is -2.69. The van der Waals surface area contributed by atoms with Gasteiger partial charge in [0, 0.05) is 11.8 Å². The largest absolute Gasteiger partial charge is 0.346 e. The Balaban J connectivity index is 1.69. The van der Waals surface area contributed by atoms with Gasteiger partial charge in [-0.2, -0.15) is 0 Å². The third kappa shape index (κ3) is 0.514. The number of hydrogen-bond acceptors (Lipinski definition) is 3. The van der Waals surface area contributed by atoms with Gasteiger partial charge < -0.3 is 9.47 Å². The zero-order valence-electron chi connectivity index (χ0n) is 8.86. The van der Waals surface area contributed by atoms with Crippen molar-refractivity contribution in [2.75, 3.05) is 13.2 Å². The maximum Gasteiger partial charge on any atom is 0.188 e. The van der Waals surface area contributed by atoms with Gasteiger partial charge in [-0.1, -0.05) is 31.9 Å². The van der Waals surface area contributed by atoms with Crippen molar-refractivity contribution in [2.45, 2.75) is 14.4 Å². The molecule has 6 saturated carbocycles. The molecule has 7 aliphatic rings. The summed E-state index contributed by atoms with van der Waals surface area (Å²) < 4.78 is 11.8. The highest BCUT2D eigenvalue weighted by Crippen LogP contribution is 2.96. The van der Waals surface area contributed by atoms with Crippen molar-refractivity contribution in [1.29, 1.82) is 0 Å². The molecule has 7 fully saturated rings. The van der Waals surface area contributed by atoms with E-state index >= 15 is 0 Å². The molecule has 0 radical (unpaired) electrons. The number of halogens is 2. The maximum absolute atomic E-state index is 12.5. The lowest BCUT2D eigenvalue weighted by Crippen LogP contribution is -2.75.